The van der Waals surface area contributed by atoms with Crippen LogP contribution in [0.4, 0.5) is 5.69 Å². The smallest absolute Gasteiger partial charge is 0.303 e. The van der Waals surface area contributed by atoms with Gasteiger partial charge in [0, 0.05) is 114 Å². The van der Waals surface area contributed by atoms with E-state index in [1.165, 1.54) is 41.0 Å². The molecule has 498 valence electrons. The summed E-state index contributed by atoms with van der Waals surface area (Å²) < 4.78 is 22.5. The van der Waals surface area contributed by atoms with Gasteiger partial charge < -0.3 is 39.6 Å². The normalized spacial score (nSPS) is 17.0. The molecule has 0 aliphatic carbocycles. The summed E-state index contributed by atoms with van der Waals surface area (Å²) in [5.41, 5.74) is 0.297. The Bertz CT molecular complexity index is 2680. The monoisotopic (exact) mass is 1280 g/mol. The molecular formula is C66H102N6O15S2. The van der Waals surface area contributed by atoms with Crippen LogP contribution in [0.5, 0.6) is 5.75 Å². The Hall–Kier alpha value is -5.46. The highest BCUT2D eigenvalue weighted by atomic mass is 32.2. The Kier molecular flexibility index (Phi) is 32.8. The van der Waals surface area contributed by atoms with E-state index in [0.29, 0.717) is 81.9 Å². The molecule has 2 saturated heterocycles. The molecule has 2 aromatic rings. The van der Waals surface area contributed by atoms with Crippen LogP contribution in [0, 0.1) is 29.6 Å². The van der Waals surface area contributed by atoms with Crippen LogP contribution < -0.4 is 10.6 Å². The molecule has 5 amide bonds. The molecule has 0 saturated carbocycles. The Labute approximate surface area is 536 Å². The Morgan fingerprint density at radius 1 is 0.854 bits per heavy atom. The van der Waals surface area contributed by atoms with E-state index in [9.17, 15) is 53.1 Å². The number of hydrogen-bond acceptors (Lipinski definition) is 19. The van der Waals surface area contributed by atoms with Gasteiger partial charge in [-0.3, -0.25) is 57.7 Å². The number of nitrogens with zero attached hydrogens (tertiary/aromatic N) is 4. The zero-order valence-electron chi connectivity index (χ0n) is 55.0. The number of likely N-dealkylation sites (tertiary alicyclic amines) is 2. The molecule has 23 heteroatoms. The van der Waals surface area contributed by atoms with E-state index >= 15 is 0 Å². The molecule has 2 aliphatic rings. The van der Waals surface area contributed by atoms with Gasteiger partial charge in [-0.25, -0.2) is 4.98 Å². The number of ether oxygens (including phenoxy) is 4. The van der Waals surface area contributed by atoms with E-state index in [4.69, 9.17) is 18.9 Å². The van der Waals surface area contributed by atoms with Crippen molar-refractivity contribution in [1.29, 1.82) is 0 Å². The fourth-order valence-electron chi connectivity index (χ4n) is 11.2. The van der Waals surface area contributed by atoms with Crippen molar-refractivity contribution >= 4 is 87.4 Å². The third-order valence-electron chi connectivity index (χ3n) is 17.2. The molecule has 0 spiro atoms. The summed E-state index contributed by atoms with van der Waals surface area (Å²) in [4.78, 5) is 141. The van der Waals surface area contributed by atoms with Gasteiger partial charge in [0.05, 0.1) is 49.5 Å². The number of hydrogen-bond donors (Lipinski definition) is 3. The molecule has 0 bridgehead atoms. The summed E-state index contributed by atoms with van der Waals surface area (Å²) in [6.45, 7) is 22.2. The van der Waals surface area contributed by atoms with E-state index in [0.717, 1.165) is 32.4 Å². The number of Topliss-reactive ketones (excluding diaryl/α,β-unsaturated/α-hetero) is 4. The minimum atomic E-state index is -0.869. The molecule has 8 atom stereocenters. The molecule has 21 nitrogen and oxygen atoms in total. The molecule has 2 aliphatic heterocycles. The summed E-state index contributed by atoms with van der Waals surface area (Å²) in [6, 6.07) is 4.00. The van der Waals surface area contributed by atoms with Gasteiger partial charge in [-0.2, -0.15) is 11.8 Å². The van der Waals surface area contributed by atoms with Crippen molar-refractivity contribution in [1.82, 2.24) is 25.0 Å². The number of aromatic nitrogens is 1. The van der Waals surface area contributed by atoms with E-state index in [1.54, 1.807) is 49.6 Å². The number of rotatable bonds is 44. The van der Waals surface area contributed by atoms with Crippen molar-refractivity contribution in [2.45, 2.75) is 201 Å². The predicted octanol–water partition coefficient (Wildman–Crippen LogP) is 9.15. The van der Waals surface area contributed by atoms with Crippen molar-refractivity contribution in [2.24, 2.45) is 29.6 Å². The number of phenolic OH excluding ortho intramolecular Hbond substituents is 1. The lowest BCUT2D eigenvalue weighted by Crippen LogP contribution is -2.51. The molecule has 3 heterocycles. The topological polar surface area (TPSA) is 275 Å². The molecular weight excluding hydrogens is 1180 g/mol. The number of nitrogens with one attached hydrogen (secondary N) is 2. The number of carbonyl (C=O) groups excluding carboxylic acids is 10. The van der Waals surface area contributed by atoms with Crippen molar-refractivity contribution in [3.63, 3.8) is 0 Å². The number of imide groups is 1. The van der Waals surface area contributed by atoms with Crippen LogP contribution in [0.25, 0.3) is 0 Å². The minimum absolute atomic E-state index is 0.00531. The Morgan fingerprint density at radius 2 is 1.51 bits per heavy atom. The first kappa shape index (κ1) is 76.0. The maximum atomic E-state index is 14.5. The Balaban J connectivity index is 1.19. The van der Waals surface area contributed by atoms with Crippen molar-refractivity contribution in [3.05, 3.63) is 39.8 Å². The van der Waals surface area contributed by atoms with Crippen LogP contribution in [0.3, 0.4) is 0 Å². The van der Waals surface area contributed by atoms with Crippen LogP contribution in [-0.4, -0.2) is 179 Å². The second kappa shape index (κ2) is 38.4. The van der Waals surface area contributed by atoms with Gasteiger partial charge >= 0.3 is 5.97 Å². The SMILES string of the molecule is CCC[C@H](Cc1ccc(O)c(NC(=O)[C@H](C)CC(=O)[C@H](C)CC(=O)CCOCCOCCOCCCC(=O)CCCN2C(=O)CC(SC)C2=O)c1)NC(=O)c1csc([C@@H](C[C@H](C(C)C)N(C)C(=O)[C@@H](CC(=O)C(C)(C)N2CCCC2)[C@@H](C)CC)OC(C)=O)n1. The van der Waals surface area contributed by atoms with Crippen LogP contribution in [0.15, 0.2) is 23.6 Å². The average molecular weight is 1280 g/mol. The van der Waals surface area contributed by atoms with Crippen LogP contribution >= 0.6 is 23.1 Å². The third kappa shape index (κ3) is 24.6. The number of thiazole rings is 1. The maximum absolute atomic E-state index is 14.5. The number of benzene rings is 1. The summed E-state index contributed by atoms with van der Waals surface area (Å²) >= 11 is 2.55. The molecule has 0 radical (unpaired) electrons. The molecule has 2 fully saturated rings. The molecule has 3 N–H and O–H groups in total. The van der Waals surface area contributed by atoms with Crippen molar-refractivity contribution in [2.75, 3.05) is 77.9 Å². The molecule has 1 unspecified atom stereocenters. The third-order valence-corrected chi connectivity index (χ3v) is 19.1. The van der Waals surface area contributed by atoms with Gasteiger partial charge in [0.2, 0.25) is 23.6 Å². The second-order valence-electron chi connectivity index (χ2n) is 24.9. The molecule has 4 rings (SSSR count). The van der Waals surface area contributed by atoms with Gasteiger partial charge in [0.15, 0.2) is 11.9 Å². The number of thioether (sulfide) groups is 1. The van der Waals surface area contributed by atoms with Gasteiger partial charge in [-0.05, 0) is 101 Å². The largest absolute Gasteiger partial charge is 0.506 e. The standard InChI is InChI=1S/C66H102N6O15S2/c1-13-19-48(67-62(81)53-41-89-63(69-53)57(87-46(8)73)39-54(42(3)4)70(11)64(82)51(43(5)14-2)38-59(78)66(9,10)71-25-15-16-26-71)36-47-22-23-55(76)52(37-47)68-61(80)45(7)35-56(77)44(6)34-50(75)24-29-85-31-33-86-32-30-84-28-18-21-49(74)20-17-27-72-60(79)40-58(88-12)65(72)83/h22-23,37,41-45,48,51,54,57-58,76H,13-21,24-36,38-40H2,1-12H3,(H,67,81)(H,68,80)/t43-,44+,45+,48+,51-,54+,57+,58?/m0/s1. The van der Waals surface area contributed by atoms with Gasteiger partial charge in [-0.15, -0.1) is 11.3 Å². The number of phenols is 1. The van der Waals surface area contributed by atoms with Crippen LogP contribution in [0.1, 0.15) is 193 Å². The second-order valence-corrected chi connectivity index (χ2v) is 26.8. The van der Waals surface area contributed by atoms with Crippen LogP contribution in [-0.2, 0) is 68.5 Å². The average Bonchev–Trinajstić information content (AvgIpc) is 3.94. The first-order valence-electron chi connectivity index (χ1n) is 32.0. The van der Waals surface area contributed by atoms with Gasteiger partial charge in [-0.1, -0.05) is 67.4 Å². The highest BCUT2D eigenvalue weighted by Crippen LogP contribution is 2.35. The number of ketones is 4. The summed E-state index contributed by atoms with van der Waals surface area (Å²) in [6.07, 6.45) is 7.59. The van der Waals surface area contributed by atoms with E-state index < -0.39 is 53.2 Å². The first-order chi connectivity index (χ1) is 42.2. The Morgan fingerprint density at radius 3 is 2.12 bits per heavy atom. The summed E-state index contributed by atoms with van der Waals surface area (Å²) in [5.74, 6) is -4.52. The molecule has 1 aromatic carbocycles. The maximum Gasteiger partial charge on any atom is 0.303 e. The van der Waals surface area contributed by atoms with Gasteiger partial charge in [0.1, 0.15) is 33.8 Å². The predicted molar refractivity (Wildman–Crippen MR) is 343 cm³/mol. The van der Waals surface area contributed by atoms with E-state index in [-0.39, 0.29) is 139 Å². The fourth-order valence-corrected chi connectivity index (χ4v) is 12.7. The zero-order chi connectivity index (χ0) is 66.0. The summed E-state index contributed by atoms with van der Waals surface area (Å²) in [7, 11) is 1.75. The van der Waals surface area contributed by atoms with E-state index in [1.807, 2.05) is 48.5 Å². The van der Waals surface area contributed by atoms with Crippen LogP contribution in [0.2, 0.25) is 0 Å². The molecule has 89 heavy (non-hydrogen) atoms. The fraction of sp³-hybridized carbons (Fsp3) is 0.712. The number of carbonyl (C=O) groups is 10. The lowest BCUT2D eigenvalue weighted by atomic mass is 9.81. The highest BCUT2D eigenvalue weighted by Gasteiger charge is 2.42. The number of anilines is 1. The lowest BCUT2D eigenvalue weighted by molar-refractivity contribution is -0.150. The van der Waals surface area contributed by atoms with Crippen molar-refractivity contribution < 1.29 is 72.0 Å². The zero-order valence-corrected chi connectivity index (χ0v) is 56.6. The quantitative estimate of drug-likeness (QED) is 0.0241. The highest BCUT2D eigenvalue weighted by molar-refractivity contribution is 8.00. The number of esters is 1. The summed E-state index contributed by atoms with van der Waals surface area (Å²) in [5, 5.41) is 18.3. The minimum Gasteiger partial charge on any atom is -0.506 e. The molecule has 1 aromatic heterocycles. The van der Waals surface area contributed by atoms with Crippen molar-refractivity contribution in [3.8, 4) is 5.75 Å². The van der Waals surface area contributed by atoms with Gasteiger partial charge in [0.25, 0.3) is 5.91 Å². The van der Waals surface area contributed by atoms with E-state index in [2.05, 4.69) is 20.5 Å². The number of aromatic hydroxyl groups is 1. The number of amides is 5. The lowest BCUT2D eigenvalue weighted by Gasteiger charge is -2.38. The first-order valence-corrected chi connectivity index (χ1v) is 34.2.